The lowest BCUT2D eigenvalue weighted by atomic mass is 10.2. The van der Waals surface area contributed by atoms with Crippen LogP contribution in [0.2, 0.25) is 0 Å². The summed E-state index contributed by atoms with van der Waals surface area (Å²) in [6.45, 7) is 1.39. The van der Waals surface area contributed by atoms with Crippen molar-refractivity contribution in [3.8, 4) is 0 Å². The Morgan fingerprint density at radius 2 is 1.55 bits per heavy atom. The van der Waals surface area contributed by atoms with Gasteiger partial charge in [0.05, 0.1) is 13.7 Å². The molecule has 0 atom stereocenters. The summed E-state index contributed by atoms with van der Waals surface area (Å²) in [5.74, 6) is -1.52. The van der Waals surface area contributed by atoms with Crippen molar-refractivity contribution in [1.82, 2.24) is 10.6 Å². The summed E-state index contributed by atoms with van der Waals surface area (Å²) in [7, 11) is 1.22. The minimum absolute atomic E-state index is 0.254. The van der Waals surface area contributed by atoms with E-state index in [0.717, 1.165) is 5.56 Å². The number of aryl methyl sites for hydroxylation is 1. The van der Waals surface area contributed by atoms with Crippen molar-refractivity contribution in [2.75, 3.05) is 30.8 Å². The molecule has 29 heavy (non-hydrogen) atoms. The fourth-order valence-corrected chi connectivity index (χ4v) is 2.33. The lowest BCUT2D eigenvalue weighted by Gasteiger charge is -2.10. The number of nitrogens with one attached hydrogen (secondary N) is 4. The summed E-state index contributed by atoms with van der Waals surface area (Å²) in [6, 6.07) is 12.9. The molecular formula is C20H22N4O5. The number of amides is 4. The van der Waals surface area contributed by atoms with E-state index in [4.69, 9.17) is 0 Å². The van der Waals surface area contributed by atoms with E-state index in [9.17, 15) is 19.2 Å². The van der Waals surface area contributed by atoms with Crippen LogP contribution in [0.1, 0.15) is 15.9 Å². The van der Waals surface area contributed by atoms with Gasteiger partial charge in [-0.1, -0.05) is 18.2 Å². The number of anilines is 2. The lowest BCUT2D eigenvalue weighted by Crippen LogP contribution is -2.35. The molecule has 4 N–H and O–H groups in total. The molecule has 0 aromatic heterocycles. The number of rotatable bonds is 7. The molecule has 0 fully saturated rings. The largest absolute Gasteiger partial charge is 0.468 e. The molecule has 0 aliphatic rings. The van der Waals surface area contributed by atoms with Crippen LogP contribution in [0, 0.1) is 6.92 Å². The minimum atomic E-state index is -0.571. The van der Waals surface area contributed by atoms with E-state index in [2.05, 4.69) is 26.0 Å². The number of methoxy groups -OCH3 is 1. The molecule has 0 heterocycles. The number of hydrogen-bond donors (Lipinski definition) is 4. The first-order chi connectivity index (χ1) is 13.9. The van der Waals surface area contributed by atoms with Crippen LogP contribution in [-0.2, 0) is 14.3 Å². The standard InChI is InChI=1S/C20H22N4O5/c1-13-5-3-7-15(9-13)24-20(28)22-11-17(25)23-16-8-4-6-14(10-16)19(27)21-12-18(26)29-2/h3-10H,11-12H2,1-2H3,(H,21,27)(H,23,25)(H2,22,24,28). The molecule has 4 amide bonds. The molecule has 0 radical (unpaired) electrons. The van der Waals surface area contributed by atoms with Crippen LogP contribution in [0.4, 0.5) is 16.2 Å². The van der Waals surface area contributed by atoms with Crippen molar-refractivity contribution in [3.05, 3.63) is 59.7 Å². The number of carbonyl (C=O) groups is 4. The normalized spacial score (nSPS) is 9.86. The molecule has 2 aromatic rings. The van der Waals surface area contributed by atoms with Gasteiger partial charge in [-0.25, -0.2) is 4.79 Å². The summed E-state index contributed by atoms with van der Waals surface area (Å²) in [5, 5.41) is 10.1. The van der Waals surface area contributed by atoms with Gasteiger partial charge >= 0.3 is 12.0 Å². The molecule has 0 bridgehead atoms. The first kappa shape index (κ1) is 21.4. The summed E-state index contributed by atoms with van der Waals surface area (Å²) >= 11 is 0. The average Bonchev–Trinajstić information content (AvgIpc) is 2.70. The summed E-state index contributed by atoms with van der Waals surface area (Å²) in [4.78, 5) is 47.0. The minimum Gasteiger partial charge on any atom is -0.468 e. The maximum absolute atomic E-state index is 12.0. The molecule has 0 aliphatic carbocycles. The second-order valence-corrected chi connectivity index (χ2v) is 6.06. The van der Waals surface area contributed by atoms with Crippen molar-refractivity contribution >= 4 is 35.2 Å². The maximum Gasteiger partial charge on any atom is 0.325 e. The van der Waals surface area contributed by atoms with Crippen LogP contribution in [0.3, 0.4) is 0 Å². The van der Waals surface area contributed by atoms with Gasteiger partial charge in [0.2, 0.25) is 5.91 Å². The maximum atomic E-state index is 12.0. The van der Waals surface area contributed by atoms with Gasteiger partial charge < -0.3 is 26.0 Å². The zero-order valence-electron chi connectivity index (χ0n) is 16.1. The molecule has 152 valence electrons. The van der Waals surface area contributed by atoms with Gasteiger partial charge in [0.15, 0.2) is 0 Å². The highest BCUT2D eigenvalue weighted by Gasteiger charge is 2.10. The second-order valence-electron chi connectivity index (χ2n) is 6.06. The molecule has 9 nitrogen and oxygen atoms in total. The van der Waals surface area contributed by atoms with Gasteiger partial charge in [-0.2, -0.15) is 0 Å². The Labute approximate surface area is 167 Å². The predicted molar refractivity (Wildman–Crippen MR) is 108 cm³/mol. The number of hydrogen-bond acceptors (Lipinski definition) is 5. The Morgan fingerprint density at radius 1 is 0.862 bits per heavy atom. The summed E-state index contributed by atoms with van der Waals surface area (Å²) in [6.07, 6.45) is 0. The van der Waals surface area contributed by atoms with Gasteiger partial charge in [-0.05, 0) is 42.8 Å². The van der Waals surface area contributed by atoms with Crippen LogP contribution < -0.4 is 21.3 Å². The Morgan fingerprint density at radius 3 is 2.24 bits per heavy atom. The van der Waals surface area contributed by atoms with Crippen LogP contribution in [0.5, 0.6) is 0 Å². The second kappa shape index (κ2) is 10.5. The highest BCUT2D eigenvalue weighted by molar-refractivity contribution is 5.99. The molecule has 0 aliphatic heterocycles. The summed E-state index contributed by atoms with van der Waals surface area (Å²) in [5.41, 5.74) is 2.25. The van der Waals surface area contributed by atoms with Gasteiger partial charge in [0.25, 0.3) is 5.91 Å². The number of carbonyl (C=O) groups excluding carboxylic acids is 4. The lowest BCUT2D eigenvalue weighted by molar-refractivity contribution is -0.139. The molecule has 0 spiro atoms. The third-order valence-corrected chi connectivity index (χ3v) is 3.71. The molecule has 0 saturated carbocycles. The Hall–Kier alpha value is -3.88. The van der Waals surface area contributed by atoms with Crippen LogP contribution >= 0.6 is 0 Å². The van der Waals surface area contributed by atoms with Crippen LogP contribution in [-0.4, -0.2) is 44.0 Å². The van der Waals surface area contributed by atoms with Gasteiger partial charge in [0, 0.05) is 16.9 Å². The Bertz CT molecular complexity index is 913. The fourth-order valence-electron chi connectivity index (χ4n) is 2.33. The summed E-state index contributed by atoms with van der Waals surface area (Å²) < 4.78 is 4.45. The first-order valence-electron chi connectivity index (χ1n) is 8.74. The molecule has 0 unspecified atom stereocenters. The van der Waals surface area contributed by atoms with Crippen molar-refractivity contribution < 1.29 is 23.9 Å². The molecule has 0 saturated heterocycles. The van der Waals surface area contributed by atoms with E-state index in [1.165, 1.54) is 19.2 Å². The van der Waals surface area contributed by atoms with Gasteiger partial charge in [-0.15, -0.1) is 0 Å². The Balaban J connectivity index is 1.83. The zero-order valence-corrected chi connectivity index (χ0v) is 16.1. The van der Waals surface area contributed by atoms with Crippen molar-refractivity contribution in [2.45, 2.75) is 6.92 Å². The molecule has 9 heteroatoms. The van der Waals surface area contributed by atoms with E-state index >= 15 is 0 Å². The van der Waals surface area contributed by atoms with Gasteiger partial charge in [0.1, 0.15) is 6.54 Å². The van der Waals surface area contributed by atoms with Crippen molar-refractivity contribution in [3.63, 3.8) is 0 Å². The molecular weight excluding hydrogens is 376 g/mol. The monoisotopic (exact) mass is 398 g/mol. The van der Waals surface area contributed by atoms with E-state index in [1.807, 2.05) is 19.1 Å². The predicted octanol–water partition coefficient (Wildman–Crippen LogP) is 1.66. The SMILES string of the molecule is COC(=O)CNC(=O)c1cccc(NC(=O)CNC(=O)Nc2cccc(C)c2)c1. The van der Waals surface area contributed by atoms with Crippen molar-refractivity contribution in [2.24, 2.45) is 0 Å². The molecule has 2 rings (SSSR count). The quantitative estimate of drug-likeness (QED) is 0.528. The number of ether oxygens (including phenoxy) is 1. The van der Waals surface area contributed by atoms with E-state index in [1.54, 1.807) is 24.3 Å². The number of urea groups is 1. The van der Waals surface area contributed by atoms with Gasteiger partial charge in [-0.3, -0.25) is 14.4 Å². The highest BCUT2D eigenvalue weighted by Crippen LogP contribution is 2.11. The van der Waals surface area contributed by atoms with E-state index < -0.39 is 23.8 Å². The number of esters is 1. The third-order valence-electron chi connectivity index (χ3n) is 3.71. The molecule has 2 aromatic carbocycles. The first-order valence-corrected chi connectivity index (χ1v) is 8.74. The average molecular weight is 398 g/mol. The smallest absolute Gasteiger partial charge is 0.325 e. The Kier molecular flexibility index (Phi) is 7.72. The fraction of sp³-hybridized carbons (Fsp3) is 0.200. The van der Waals surface area contributed by atoms with Crippen LogP contribution in [0.25, 0.3) is 0 Å². The topological polar surface area (TPSA) is 126 Å². The van der Waals surface area contributed by atoms with Crippen molar-refractivity contribution in [1.29, 1.82) is 0 Å². The zero-order chi connectivity index (χ0) is 21.2. The number of benzene rings is 2. The van der Waals surface area contributed by atoms with E-state index in [0.29, 0.717) is 11.4 Å². The third kappa shape index (κ3) is 7.33. The van der Waals surface area contributed by atoms with Crippen LogP contribution in [0.15, 0.2) is 48.5 Å². The highest BCUT2D eigenvalue weighted by atomic mass is 16.5. The van der Waals surface area contributed by atoms with E-state index in [-0.39, 0.29) is 18.7 Å².